The molecule has 0 fully saturated rings. The lowest BCUT2D eigenvalue weighted by Gasteiger charge is -2.12. The Balaban J connectivity index is 1.15. The summed E-state index contributed by atoms with van der Waals surface area (Å²) in [4.78, 5) is 0. The van der Waals surface area contributed by atoms with Gasteiger partial charge in [0.15, 0.2) is 0 Å². The quantitative estimate of drug-likeness (QED) is 0.175. The second-order valence-electron chi connectivity index (χ2n) is 13.2. The van der Waals surface area contributed by atoms with Crippen LogP contribution in [-0.4, -0.2) is 4.57 Å². The van der Waals surface area contributed by atoms with E-state index >= 15 is 0 Å². The zero-order valence-corrected chi connectivity index (χ0v) is 27.8. The molecule has 12 rings (SSSR count). The van der Waals surface area contributed by atoms with Gasteiger partial charge < -0.3 is 4.57 Å². The van der Waals surface area contributed by atoms with E-state index in [1.165, 1.54) is 112 Å². The molecule has 49 heavy (non-hydrogen) atoms. The number of fused-ring (bicyclic) bond motifs is 15. The van der Waals surface area contributed by atoms with Gasteiger partial charge in [0.25, 0.3) is 0 Å². The molecule has 0 amide bonds. The average Bonchev–Trinajstić information content (AvgIpc) is 3.91. The van der Waals surface area contributed by atoms with Crippen molar-refractivity contribution in [2.45, 2.75) is 0 Å². The highest BCUT2D eigenvalue weighted by Gasteiger charge is 2.25. The van der Waals surface area contributed by atoms with E-state index in [1.54, 1.807) is 0 Å². The van der Waals surface area contributed by atoms with Crippen LogP contribution in [0, 0.1) is 0 Å². The molecule has 0 unspecified atom stereocenters. The van der Waals surface area contributed by atoms with Crippen molar-refractivity contribution in [2.24, 2.45) is 0 Å². The maximum Gasteiger partial charge on any atom is 0.0734 e. The van der Waals surface area contributed by atoms with E-state index in [0.717, 1.165) is 0 Å². The second kappa shape index (κ2) is 9.45. The predicted octanol–water partition coefficient (Wildman–Crippen LogP) is 14.0. The smallest absolute Gasteiger partial charge is 0.0734 e. The Morgan fingerprint density at radius 1 is 0.347 bits per heavy atom. The minimum Gasteiger partial charge on any atom is -0.308 e. The Morgan fingerprint density at radius 2 is 0.898 bits per heavy atom. The first-order valence-corrected chi connectivity index (χ1v) is 18.4. The number of hydrogen-bond acceptors (Lipinski definition) is 2. The van der Waals surface area contributed by atoms with Crippen LogP contribution in [0.25, 0.3) is 112 Å². The summed E-state index contributed by atoms with van der Waals surface area (Å²) >= 11 is 3.87. The number of hydrogen-bond donors (Lipinski definition) is 0. The molecule has 0 saturated carbocycles. The zero-order valence-electron chi connectivity index (χ0n) is 26.2. The molecule has 226 valence electrons. The highest BCUT2D eigenvalue weighted by Crippen LogP contribution is 2.53. The van der Waals surface area contributed by atoms with Crippen LogP contribution < -0.4 is 0 Å². The average molecular weight is 656 g/mol. The van der Waals surface area contributed by atoms with Crippen LogP contribution in [0.5, 0.6) is 0 Å². The standard InChI is InChI=1S/C46H25NS2/c1-2-11-30-29(10-1)32-16-9-15-31-28(24-25-33(30)40(31)32)26-20-22-27(23-21-26)47-37-17-6-3-12-34(37)43-44(47)46-42(36-14-5-8-19-39(36)49-46)41-35-13-4-7-18-38(35)48-45(41)43/h1-25H. The van der Waals surface area contributed by atoms with Gasteiger partial charge in [-0.2, -0.15) is 0 Å². The monoisotopic (exact) mass is 655 g/mol. The summed E-state index contributed by atoms with van der Waals surface area (Å²) < 4.78 is 7.95. The van der Waals surface area contributed by atoms with Gasteiger partial charge >= 0.3 is 0 Å². The number of para-hydroxylation sites is 1. The second-order valence-corrected chi connectivity index (χ2v) is 15.3. The summed E-state index contributed by atoms with van der Waals surface area (Å²) in [5.74, 6) is 0. The summed E-state index contributed by atoms with van der Waals surface area (Å²) in [6.45, 7) is 0. The van der Waals surface area contributed by atoms with Crippen molar-refractivity contribution in [1.29, 1.82) is 0 Å². The lowest BCUT2D eigenvalue weighted by atomic mass is 9.94. The van der Waals surface area contributed by atoms with Crippen LogP contribution in [-0.2, 0) is 0 Å². The molecule has 3 heterocycles. The van der Waals surface area contributed by atoms with Gasteiger partial charge in [-0.1, -0.05) is 121 Å². The fraction of sp³-hybridized carbons (Fsp3) is 0. The Morgan fingerprint density at radius 3 is 1.65 bits per heavy atom. The molecule has 3 aromatic heterocycles. The van der Waals surface area contributed by atoms with Crippen LogP contribution in [0.4, 0.5) is 0 Å². The van der Waals surface area contributed by atoms with Crippen LogP contribution >= 0.6 is 22.7 Å². The van der Waals surface area contributed by atoms with Gasteiger partial charge in [0.05, 0.1) is 15.7 Å². The highest BCUT2D eigenvalue weighted by molar-refractivity contribution is 7.29. The van der Waals surface area contributed by atoms with Crippen molar-refractivity contribution < 1.29 is 0 Å². The maximum absolute atomic E-state index is 2.53. The normalized spacial score (nSPS) is 12.5. The SMILES string of the molecule is c1ccc2c(c1)-c1cccc3c(-c4ccc(-n5c6ccccc6c6c7sc8ccccc8c7c7c8ccccc8sc7c65)cc4)ccc-2c13. The first-order valence-electron chi connectivity index (χ1n) is 16.8. The molecule has 0 bridgehead atoms. The topological polar surface area (TPSA) is 4.93 Å². The van der Waals surface area contributed by atoms with Crippen molar-refractivity contribution in [3.05, 3.63) is 152 Å². The molecule has 0 atom stereocenters. The summed E-state index contributed by atoms with van der Waals surface area (Å²) in [6, 6.07) is 56.4. The number of rotatable bonds is 2. The van der Waals surface area contributed by atoms with Gasteiger partial charge in [-0.15, -0.1) is 22.7 Å². The van der Waals surface area contributed by atoms with Gasteiger partial charge in [0, 0.05) is 52.1 Å². The number of aromatic nitrogens is 1. The molecule has 1 aliphatic rings. The maximum atomic E-state index is 2.53. The lowest BCUT2D eigenvalue weighted by Crippen LogP contribution is -1.94. The Hall–Kier alpha value is -5.74. The van der Waals surface area contributed by atoms with E-state index in [4.69, 9.17) is 0 Å². The molecule has 0 aliphatic heterocycles. The zero-order chi connectivity index (χ0) is 31.8. The predicted molar refractivity (Wildman–Crippen MR) is 214 cm³/mol. The molecule has 8 aromatic carbocycles. The summed E-state index contributed by atoms with van der Waals surface area (Å²) in [7, 11) is 0. The molecule has 1 aliphatic carbocycles. The molecule has 11 aromatic rings. The molecular formula is C46H25NS2. The van der Waals surface area contributed by atoms with E-state index < -0.39 is 0 Å². The molecule has 0 saturated heterocycles. The first-order chi connectivity index (χ1) is 24.3. The van der Waals surface area contributed by atoms with Crippen molar-refractivity contribution in [3.8, 4) is 39.1 Å². The molecule has 0 N–H and O–H groups in total. The van der Waals surface area contributed by atoms with Gasteiger partial charge in [-0.05, 0) is 74.5 Å². The lowest BCUT2D eigenvalue weighted by molar-refractivity contribution is 1.19. The van der Waals surface area contributed by atoms with Crippen molar-refractivity contribution >= 4 is 95.6 Å². The van der Waals surface area contributed by atoms with E-state index in [0.29, 0.717) is 0 Å². The summed E-state index contributed by atoms with van der Waals surface area (Å²) in [5.41, 5.74) is 11.6. The van der Waals surface area contributed by atoms with Crippen LogP contribution in [0.2, 0.25) is 0 Å². The minimum atomic E-state index is 1.19. The van der Waals surface area contributed by atoms with E-state index in [2.05, 4.69) is 156 Å². The number of benzene rings is 8. The van der Waals surface area contributed by atoms with Gasteiger partial charge in [-0.3, -0.25) is 0 Å². The van der Waals surface area contributed by atoms with E-state index in [-0.39, 0.29) is 0 Å². The largest absolute Gasteiger partial charge is 0.308 e. The summed E-state index contributed by atoms with van der Waals surface area (Å²) in [6.07, 6.45) is 0. The third-order valence-corrected chi connectivity index (χ3v) is 13.1. The summed E-state index contributed by atoms with van der Waals surface area (Å²) in [5, 5.41) is 10.8. The van der Waals surface area contributed by atoms with Gasteiger partial charge in [0.2, 0.25) is 0 Å². The van der Waals surface area contributed by atoms with E-state index in [1.807, 2.05) is 22.7 Å². The number of nitrogens with zero attached hydrogens (tertiary/aromatic N) is 1. The Labute approximate surface area is 289 Å². The molecule has 0 spiro atoms. The van der Waals surface area contributed by atoms with Gasteiger partial charge in [-0.25, -0.2) is 0 Å². The Bertz CT molecular complexity index is 3180. The fourth-order valence-corrected chi connectivity index (χ4v) is 11.3. The fourth-order valence-electron chi connectivity index (χ4n) is 8.73. The van der Waals surface area contributed by atoms with Crippen LogP contribution in [0.1, 0.15) is 0 Å². The van der Waals surface area contributed by atoms with Crippen LogP contribution in [0.15, 0.2) is 152 Å². The minimum absolute atomic E-state index is 1.19. The van der Waals surface area contributed by atoms with Crippen molar-refractivity contribution in [2.75, 3.05) is 0 Å². The number of thiophene rings is 2. The molecule has 3 heteroatoms. The van der Waals surface area contributed by atoms with Gasteiger partial charge in [0.1, 0.15) is 0 Å². The molecule has 0 radical (unpaired) electrons. The van der Waals surface area contributed by atoms with Crippen LogP contribution in [0.3, 0.4) is 0 Å². The van der Waals surface area contributed by atoms with Crippen molar-refractivity contribution in [3.63, 3.8) is 0 Å². The first kappa shape index (κ1) is 26.2. The van der Waals surface area contributed by atoms with Crippen molar-refractivity contribution in [1.82, 2.24) is 4.57 Å². The third kappa shape index (κ3) is 3.34. The molecule has 1 nitrogen and oxygen atoms in total. The molecular weight excluding hydrogens is 631 g/mol. The third-order valence-electron chi connectivity index (χ3n) is 10.7. The van der Waals surface area contributed by atoms with E-state index in [9.17, 15) is 0 Å². The highest BCUT2D eigenvalue weighted by atomic mass is 32.1. The Kier molecular flexibility index (Phi) is 5.06.